The first-order chi connectivity index (χ1) is 13.5. The summed E-state index contributed by atoms with van der Waals surface area (Å²) < 4.78 is 11.0. The van der Waals surface area contributed by atoms with Crippen LogP contribution in [0.25, 0.3) is 0 Å². The van der Waals surface area contributed by atoms with Crippen LogP contribution in [0.4, 0.5) is 0 Å². The fourth-order valence-corrected chi connectivity index (χ4v) is 3.57. The normalized spacial score (nSPS) is 25.3. The molecule has 146 valence electrons. The van der Waals surface area contributed by atoms with E-state index in [0.29, 0.717) is 24.3 Å². The fraction of sp³-hybridized carbons (Fsp3) is 0.368. The smallest absolute Gasteiger partial charge is 0.283 e. The molecule has 2 aliphatic heterocycles. The van der Waals surface area contributed by atoms with Gasteiger partial charge in [0.1, 0.15) is 13.2 Å². The van der Waals surface area contributed by atoms with Crippen molar-refractivity contribution in [2.24, 2.45) is 11.8 Å². The first-order valence-electron chi connectivity index (χ1n) is 9.02. The van der Waals surface area contributed by atoms with E-state index < -0.39 is 36.3 Å². The third kappa shape index (κ3) is 3.30. The fourth-order valence-electron chi connectivity index (χ4n) is 3.57. The van der Waals surface area contributed by atoms with Gasteiger partial charge in [-0.05, 0) is 25.0 Å². The van der Waals surface area contributed by atoms with E-state index in [1.54, 1.807) is 24.3 Å². The second-order valence-electron chi connectivity index (χ2n) is 6.82. The van der Waals surface area contributed by atoms with E-state index >= 15 is 0 Å². The summed E-state index contributed by atoms with van der Waals surface area (Å²) in [5.41, 5.74) is 4.46. The maximum absolute atomic E-state index is 12.4. The van der Waals surface area contributed by atoms with Crippen molar-refractivity contribution < 1.29 is 28.7 Å². The number of para-hydroxylation sites is 2. The van der Waals surface area contributed by atoms with Crippen molar-refractivity contribution in [1.82, 2.24) is 15.8 Å². The third-order valence-corrected chi connectivity index (χ3v) is 5.03. The molecule has 0 aromatic heterocycles. The summed E-state index contributed by atoms with van der Waals surface area (Å²) in [6.07, 6.45) is 3.83. The van der Waals surface area contributed by atoms with Crippen LogP contribution in [0.2, 0.25) is 0 Å². The van der Waals surface area contributed by atoms with Gasteiger partial charge in [0.2, 0.25) is 17.9 Å². The van der Waals surface area contributed by atoms with E-state index in [0.717, 1.165) is 4.90 Å². The molecule has 1 aromatic carbocycles. The number of allylic oxidation sites excluding steroid dienone is 2. The number of carbonyl (C=O) groups excluding carboxylic acids is 4. The molecule has 2 N–H and O–H groups in total. The van der Waals surface area contributed by atoms with E-state index in [1.807, 2.05) is 12.2 Å². The largest absolute Gasteiger partial charge is 0.485 e. The number of nitrogens with one attached hydrogen (secondary N) is 2. The summed E-state index contributed by atoms with van der Waals surface area (Å²) in [4.78, 5) is 50.0. The number of hydrogen-bond acceptors (Lipinski definition) is 6. The van der Waals surface area contributed by atoms with Gasteiger partial charge in [-0.15, -0.1) is 0 Å². The van der Waals surface area contributed by atoms with Gasteiger partial charge in [-0.3, -0.25) is 34.9 Å². The second kappa shape index (κ2) is 7.34. The van der Waals surface area contributed by atoms with E-state index in [4.69, 9.17) is 9.47 Å². The molecule has 0 bridgehead atoms. The lowest BCUT2D eigenvalue weighted by Gasteiger charge is -2.25. The Hall–Kier alpha value is -3.36. The van der Waals surface area contributed by atoms with E-state index in [9.17, 15) is 19.2 Å². The van der Waals surface area contributed by atoms with Crippen molar-refractivity contribution in [2.75, 3.05) is 13.2 Å². The van der Waals surface area contributed by atoms with Gasteiger partial charge in [0.25, 0.3) is 11.8 Å². The Balaban J connectivity index is 1.29. The van der Waals surface area contributed by atoms with Gasteiger partial charge >= 0.3 is 0 Å². The number of hydrogen-bond donors (Lipinski definition) is 2. The topological polar surface area (TPSA) is 114 Å². The van der Waals surface area contributed by atoms with Gasteiger partial charge in [0.05, 0.1) is 11.8 Å². The van der Waals surface area contributed by atoms with Gasteiger partial charge in [-0.25, -0.2) is 0 Å². The highest BCUT2D eigenvalue weighted by Gasteiger charge is 2.47. The summed E-state index contributed by atoms with van der Waals surface area (Å²) in [7, 11) is 0. The zero-order valence-corrected chi connectivity index (χ0v) is 14.9. The van der Waals surface area contributed by atoms with Crippen molar-refractivity contribution in [3.05, 3.63) is 36.4 Å². The number of carbonyl (C=O) groups is 4. The molecule has 2 heterocycles. The lowest BCUT2D eigenvalue weighted by molar-refractivity contribution is -0.144. The van der Waals surface area contributed by atoms with Crippen LogP contribution in [0.5, 0.6) is 11.5 Å². The highest BCUT2D eigenvalue weighted by Crippen LogP contribution is 2.34. The van der Waals surface area contributed by atoms with Crippen LogP contribution in [0, 0.1) is 11.8 Å². The van der Waals surface area contributed by atoms with Crippen molar-refractivity contribution in [3.63, 3.8) is 0 Å². The number of rotatable bonds is 3. The molecule has 1 fully saturated rings. The highest BCUT2D eigenvalue weighted by atomic mass is 16.6. The van der Waals surface area contributed by atoms with E-state index in [2.05, 4.69) is 10.9 Å². The molecule has 4 rings (SSSR count). The molecule has 0 radical (unpaired) electrons. The van der Waals surface area contributed by atoms with Crippen molar-refractivity contribution in [1.29, 1.82) is 0 Å². The summed E-state index contributed by atoms with van der Waals surface area (Å²) in [5, 5.41) is 0. The number of hydrazine groups is 1. The minimum absolute atomic E-state index is 0.00181. The minimum Gasteiger partial charge on any atom is -0.485 e. The van der Waals surface area contributed by atoms with Crippen LogP contribution in [0.15, 0.2) is 36.4 Å². The maximum atomic E-state index is 12.4. The average Bonchev–Trinajstić information content (AvgIpc) is 2.97. The zero-order chi connectivity index (χ0) is 19.7. The lowest BCUT2D eigenvalue weighted by atomic mass is 9.85. The molecule has 0 spiro atoms. The number of imide groups is 1. The molecular formula is C19H19N3O6. The molecule has 0 saturated carbocycles. The molecule has 1 aromatic rings. The minimum atomic E-state index is -0.931. The van der Waals surface area contributed by atoms with Crippen molar-refractivity contribution in [2.45, 2.75) is 18.9 Å². The predicted octanol–water partition coefficient (Wildman–Crippen LogP) is -0.0750. The van der Waals surface area contributed by atoms with Gasteiger partial charge in [0, 0.05) is 0 Å². The average molecular weight is 385 g/mol. The zero-order valence-electron chi connectivity index (χ0n) is 14.9. The SMILES string of the molecule is O=C(CN1C(=O)[C@H]2CC=CC[C@H]2C1=O)NNC(=O)[C@@H]1COc2ccccc2O1. The van der Waals surface area contributed by atoms with Gasteiger partial charge in [-0.2, -0.15) is 0 Å². The monoisotopic (exact) mass is 385 g/mol. The highest BCUT2D eigenvalue weighted by molar-refractivity contribution is 6.07. The first kappa shape index (κ1) is 18.0. The molecule has 9 nitrogen and oxygen atoms in total. The third-order valence-electron chi connectivity index (χ3n) is 5.03. The van der Waals surface area contributed by atoms with E-state index in [1.165, 1.54) is 0 Å². The van der Waals surface area contributed by atoms with Crippen LogP contribution >= 0.6 is 0 Å². The molecule has 9 heteroatoms. The Kier molecular flexibility index (Phi) is 4.72. The van der Waals surface area contributed by atoms with Gasteiger partial charge in [-0.1, -0.05) is 24.3 Å². The molecule has 0 unspecified atom stereocenters. The number of benzene rings is 1. The lowest BCUT2D eigenvalue weighted by Crippen LogP contribution is -2.53. The van der Waals surface area contributed by atoms with Crippen LogP contribution in [-0.4, -0.2) is 47.8 Å². The van der Waals surface area contributed by atoms with E-state index in [-0.39, 0.29) is 18.4 Å². The maximum Gasteiger partial charge on any atom is 0.283 e. The van der Waals surface area contributed by atoms with Crippen molar-refractivity contribution in [3.8, 4) is 11.5 Å². The Morgan fingerprint density at radius 3 is 2.32 bits per heavy atom. The van der Waals surface area contributed by atoms with Crippen LogP contribution < -0.4 is 20.3 Å². The summed E-state index contributed by atoms with van der Waals surface area (Å²) in [6.45, 7) is -0.437. The molecule has 28 heavy (non-hydrogen) atoms. The number of amides is 4. The molecular weight excluding hydrogens is 366 g/mol. The molecule has 4 amide bonds. The molecule has 3 atom stereocenters. The van der Waals surface area contributed by atoms with Gasteiger partial charge in [0.15, 0.2) is 11.5 Å². The number of fused-ring (bicyclic) bond motifs is 2. The number of nitrogens with zero attached hydrogens (tertiary/aromatic N) is 1. The van der Waals surface area contributed by atoms with Crippen LogP contribution in [0.3, 0.4) is 0 Å². The number of likely N-dealkylation sites (tertiary alicyclic amines) is 1. The van der Waals surface area contributed by atoms with Crippen molar-refractivity contribution >= 4 is 23.6 Å². The molecule has 3 aliphatic rings. The first-order valence-corrected chi connectivity index (χ1v) is 9.02. The Morgan fingerprint density at radius 2 is 1.64 bits per heavy atom. The Labute approximate surface area is 160 Å². The summed E-state index contributed by atoms with van der Waals surface area (Å²) >= 11 is 0. The second-order valence-corrected chi connectivity index (χ2v) is 6.82. The number of ether oxygens (including phenoxy) is 2. The summed E-state index contributed by atoms with van der Waals surface area (Å²) in [5.74, 6) is -1.77. The molecule has 1 saturated heterocycles. The molecule has 1 aliphatic carbocycles. The standard InChI is InChI=1S/C19H19N3O6/c23-16(9-22-18(25)11-5-1-2-6-12(11)19(22)26)20-21-17(24)15-10-27-13-7-3-4-8-14(13)28-15/h1-4,7-8,11-12,15H,5-6,9-10H2,(H,20,23)(H,21,24)/t11-,12+,15-/m0/s1. The van der Waals surface area contributed by atoms with Crippen LogP contribution in [0.1, 0.15) is 12.8 Å². The Bertz CT molecular complexity index is 841. The Morgan fingerprint density at radius 1 is 1.00 bits per heavy atom. The van der Waals surface area contributed by atoms with Crippen LogP contribution in [-0.2, 0) is 19.2 Å². The quantitative estimate of drug-likeness (QED) is 0.428. The summed E-state index contributed by atoms with van der Waals surface area (Å²) in [6, 6.07) is 6.94. The van der Waals surface area contributed by atoms with Gasteiger partial charge < -0.3 is 9.47 Å². The predicted molar refractivity (Wildman–Crippen MR) is 94.7 cm³/mol.